The largest absolute Gasteiger partial charge is 0.341 e. The molecule has 2 atom stereocenters. The van der Waals surface area contributed by atoms with E-state index < -0.39 is 0 Å². The first-order valence-corrected chi connectivity index (χ1v) is 7.86. The molecule has 3 fully saturated rings. The fourth-order valence-electron chi connectivity index (χ4n) is 3.88. The van der Waals surface area contributed by atoms with E-state index in [1.165, 1.54) is 38.5 Å². The number of hydrogen-bond acceptors (Lipinski definition) is 2. The van der Waals surface area contributed by atoms with Gasteiger partial charge in [-0.15, -0.1) is 0 Å². The summed E-state index contributed by atoms with van der Waals surface area (Å²) in [5.41, 5.74) is 0. The van der Waals surface area contributed by atoms with E-state index in [4.69, 9.17) is 0 Å². The van der Waals surface area contributed by atoms with Crippen LogP contribution in [-0.4, -0.2) is 37.0 Å². The van der Waals surface area contributed by atoms with E-state index in [0.29, 0.717) is 11.8 Å². The van der Waals surface area contributed by atoms with Crippen LogP contribution in [0.1, 0.15) is 44.9 Å². The maximum atomic E-state index is 12.5. The molecule has 102 valence electrons. The Hall–Kier alpha value is -0.570. The van der Waals surface area contributed by atoms with Crippen molar-refractivity contribution in [3.05, 3.63) is 0 Å². The van der Waals surface area contributed by atoms with Gasteiger partial charge in [-0.1, -0.05) is 32.1 Å². The molecule has 0 aromatic heterocycles. The first-order chi connectivity index (χ1) is 8.86. The Morgan fingerprint density at radius 1 is 1.00 bits per heavy atom. The molecular weight excluding hydrogens is 224 g/mol. The zero-order valence-electron chi connectivity index (χ0n) is 11.4. The SMILES string of the molecule is O=C(C1CC1C1CCCCC1)N1CCCNCC1. The van der Waals surface area contributed by atoms with Crippen LogP contribution in [-0.2, 0) is 4.79 Å². The molecule has 0 aromatic carbocycles. The zero-order valence-corrected chi connectivity index (χ0v) is 11.4. The summed E-state index contributed by atoms with van der Waals surface area (Å²) in [4.78, 5) is 14.6. The van der Waals surface area contributed by atoms with Crippen LogP contribution in [0.25, 0.3) is 0 Å². The van der Waals surface area contributed by atoms with Gasteiger partial charge in [-0.3, -0.25) is 4.79 Å². The lowest BCUT2D eigenvalue weighted by molar-refractivity contribution is -0.132. The van der Waals surface area contributed by atoms with Gasteiger partial charge in [0.1, 0.15) is 0 Å². The molecule has 0 radical (unpaired) electrons. The van der Waals surface area contributed by atoms with Crippen molar-refractivity contribution in [1.29, 1.82) is 0 Å². The van der Waals surface area contributed by atoms with Gasteiger partial charge in [0.25, 0.3) is 0 Å². The Labute approximate surface area is 110 Å². The van der Waals surface area contributed by atoms with Crippen molar-refractivity contribution in [3.63, 3.8) is 0 Å². The predicted molar refractivity (Wildman–Crippen MR) is 72.2 cm³/mol. The minimum atomic E-state index is 0.395. The van der Waals surface area contributed by atoms with Gasteiger partial charge in [0.15, 0.2) is 0 Å². The number of hydrogen-bond donors (Lipinski definition) is 1. The lowest BCUT2D eigenvalue weighted by atomic mass is 9.85. The minimum absolute atomic E-state index is 0.395. The highest BCUT2D eigenvalue weighted by Gasteiger charge is 2.48. The second-order valence-electron chi connectivity index (χ2n) is 6.33. The van der Waals surface area contributed by atoms with Crippen LogP contribution in [0.15, 0.2) is 0 Å². The fraction of sp³-hybridized carbons (Fsp3) is 0.933. The summed E-state index contributed by atoms with van der Waals surface area (Å²) in [7, 11) is 0. The predicted octanol–water partition coefficient (Wildman–Crippen LogP) is 2.02. The molecule has 2 aliphatic carbocycles. The van der Waals surface area contributed by atoms with Gasteiger partial charge < -0.3 is 10.2 Å². The molecule has 0 bridgehead atoms. The molecular formula is C15H26N2O. The van der Waals surface area contributed by atoms with Crippen LogP contribution in [0.5, 0.6) is 0 Å². The maximum Gasteiger partial charge on any atom is 0.226 e. The summed E-state index contributed by atoms with van der Waals surface area (Å²) in [5, 5.41) is 3.37. The lowest BCUT2D eigenvalue weighted by Crippen LogP contribution is -2.36. The Kier molecular flexibility index (Phi) is 3.88. The number of nitrogens with one attached hydrogen (secondary N) is 1. The van der Waals surface area contributed by atoms with Crippen LogP contribution >= 0.6 is 0 Å². The highest BCUT2D eigenvalue weighted by atomic mass is 16.2. The van der Waals surface area contributed by atoms with E-state index in [1.807, 2.05) is 0 Å². The summed E-state index contributed by atoms with van der Waals surface area (Å²) in [6.45, 7) is 3.94. The molecule has 1 saturated heterocycles. The van der Waals surface area contributed by atoms with Crippen molar-refractivity contribution >= 4 is 5.91 Å². The van der Waals surface area contributed by atoms with Gasteiger partial charge in [0, 0.05) is 25.6 Å². The van der Waals surface area contributed by atoms with Crippen molar-refractivity contribution in [2.45, 2.75) is 44.9 Å². The van der Waals surface area contributed by atoms with Crippen molar-refractivity contribution in [3.8, 4) is 0 Å². The van der Waals surface area contributed by atoms with Gasteiger partial charge in [0.05, 0.1) is 0 Å². The average Bonchev–Trinajstić information content (AvgIpc) is 3.23. The second-order valence-corrected chi connectivity index (χ2v) is 6.33. The number of carbonyl (C=O) groups excluding carboxylic acids is 1. The smallest absolute Gasteiger partial charge is 0.226 e. The zero-order chi connectivity index (χ0) is 12.4. The quantitative estimate of drug-likeness (QED) is 0.813. The first-order valence-electron chi connectivity index (χ1n) is 7.86. The van der Waals surface area contributed by atoms with Crippen molar-refractivity contribution in [2.75, 3.05) is 26.2 Å². The number of rotatable bonds is 2. The third kappa shape index (κ3) is 2.71. The van der Waals surface area contributed by atoms with Gasteiger partial charge in [-0.05, 0) is 31.2 Å². The number of nitrogens with zero attached hydrogens (tertiary/aromatic N) is 1. The van der Waals surface area contributed by atoms with E-state index in [0.717, 1.165) is 44.4 Å². The molecule has 3 aliphatic rings. The van der Waals surface area contributed by atoms with E-state index in [2.05, 4.69) is 10.2 Å². The van der Waals surface area contributed by atoms with Gasteiger partial charge in [-0.25, -0.2) is 0 Å². The van der Waals surface area contributed by atoms with Crippen molar-refractivity contribution in [1.82, 2.24) is 10.2 Å². The molecule has 1 heterocycles. The van der Waals surface area contributed by atoms with Crippen LogP contribution < -0.4 is 5.32 Å². The summed E-state index contributed by atoms with van der Waals surface area (Å²) >= 11 is 0. The van der Waals surface area contributed by atoms with Crippen LogP contribution in [0, 0.1) is 17.8 Å². The van der Waals surface area contributed by atoms with Crippen LogP contribution in [0.4, 0.5) is 0 Å². The van der Waals surface area contributed by atoms with Crippen molar-refractivity contribution in [2.24, 2.45) is 17.8 Å². The van der Waals surface area contributed by atoms with Gasteiger partial charge in [0.2, 0.25) is 5.91 Å². The fourth-order valence-corrected chi connectivity index (χ4v) is 3.88. The Balaban J connectivity index is 1.51. The monoisotopic (exact) mass is 250 g/mol. The van der Waals surface area contributed by atoms with E-state index in [-0.39, 0.29) is 0 Å². The molecule has 1 amide bonds. The minimum Gasteiger partial charge on any atom is -0.341 e. The highest BCUT2D eigenvalue weighted by Crippen LogP contribution is 2.50. The standard InChI is InChI=1S/C15H26N2O/c18-15(17-9-4-7-16-8-10-17)14-11-13(14)12-5-2-1-3-6-12/h12-14,16H,1-11H2. The molecule has 2 saturated carbocycles. The summed E-state index contributed by atoms with van der Waals surface area (Å²) in [6, 6.07) is 0. The highest BCUT2D eigenvalue weighted by molar-refractivity contribution is 5.81. The molecule has 3 nitrogen and oxygen atoms in total. The Morgan fingerprint density at radius 2 is 1.83 bits per heavy atom. The molecule has 1 N–H and O–H groups in total. The third-order valence-electron chi connectivity index (χ3n) is 5.06. The van der Waals surface area contributed by atoms with Gasteiger partial charge in [-0.2, -0.15) is 0 Å². The number of amides is 1. The van der Waals surface area contributed by atoms with E-state index >= 15 is 0 Å². The summed E-state index contributed by atoms with van der Waals surface area (Å²) in [6.07, 6.45) is 9.29. The lowest BCUT2D eigenvalue weighted by Gasteiger charge is -2.23. The molecule has 3 rings (SSSR count). The normalized spacial score (nSPS) is 34.1. The Morgan fingerprint density at radius 3 is 2.67 bits per heavy atom. The topological polar surface area (TPSA) is 32.3 Å². The molecule has 3 heteroatoms. The van der Waals surface area contributed by atoms with Crippen LogP contribution in [0.3, 0.4) is 0 Å². The third-order valence-corrected chi connectivity index (χ3v) is 5.06. The molecule has 0 aromatic rings. The average molecular weight is 250 g/mol. The van der Waals surface area contributed by atoms with E-state index in [1.54, 1.807) is 0 Å². The summed E-state index contributed by atoms with van der Waals surface area (Å²) in [5.74, 6) is 2.48. The van der Waals surface area contributed by atoms with Crippen LogP contribution in [0.2, 0.25) is 0 Å². The number of carbonyl (C=O) groups is 1. The molecule has 0 spiro atoms. The maximum absolute atomic E-state index is 12.5. The second kappa shape index (κ2) is 5.60. The summed E-state index contributed by atoms with van der Waals surface area (Å²) < 4.78 is 0. The molecule has 18 heavy (non-hydrogen) atoms. The Bertz CT molecular complexity index is 291. The van der Waals surface area contributed by atoms with Gasteiger partial charge >= 0.3 is 0 Å². The van der Waals surface area contributed by atoms with E-state index in [9.17, 15) is 4.79 Å². The first kappa shape index (κ1) is 12.5. The van der Waals surface area contributed by atoms with Crippen molar-refractivity contribution < 1.29 is 4.79 Å². The molecule has 2 unspecified atom stereocenters. The molecule has 1 aliphatic heterocycles.